The standard InChI is InChI=1S/C31H29N3O4S/c1-4-36-28-18-22(12-13-26(28)37-14-15-38-27-16-20(2)10-11-21(27)3)17-24-29(32)34-25(23-8-6-5-7-9-23)19-39-31(34)33-30(24)35/h5-13,16-19,32H,4,14-15H2,1-3H3/b24-17-,32-29?. The molecular weight excluding hydrogens is 510 g/mol. The number of ether oxygens (including phenoxy) is 3. The van der Waals surface area contributed by atoms with E-state index in [9.17, 15) is 4.79 Å². The average molecular weight is 540 g/mol. The molecule has 0 aromatic heterocycles. The maximum atomic E-state index is 12.9. The van der Waals surface area contributed by atoms with Crippen LogP contribution < -0.4 is 14.2 Å². The number of aliphatic imine (C=N–C) groups is 1. The summed E-state index contributed by atoms with van der Waals surface area (Å²) in [6.45, 7) is 7.13. The molecular formula is C31H29N3O4S. The minimum Gasteiger partial charge on any atom is -0.490 e. The van der Waals surface area contributed by atoms with Crippen molar-refractivity contribution in [1.82, 2.24) is 4.90 Å². The van der Waals surface area contributed by atoms with Crippen molar-refractivity contribution in [2.24, 2.45) is 4.99 Å². The molecule has 2 heterocycles. The smallest absolute Gasteiger partial charge is 0.283 e. The summed E-state index contributed by atoms with van der Waals surface area (Å²) < 4.78 is 17.7. The number of hydrogen-bond donors (Lipinski definition) is 1. The minimum atomic E-state index is -0.441. The van der Waals surface area contributed by atoms with E-state index in [4.69, 9.17) is 19.6 Å². The van der Waals surface area contributed by atoms with Crippen molar-refractivity contribution in [3.05, 3.63) is 100.0 Å². The Labute approximate surface area is 232 Å². The first-order valence-electron chi connectivity index (χ1n) is 12.7. The van der Waals surface area contributed by atoms with Gasteiger partial charge in [0.1, 0.15) is 24.8 Å². The fourth-order valence-electron chi connectivity index (χ4n) is 4.25. The van der Waals surface area contributed by atoms with Gasteiger partial charge in [-0.1, -0.05) is 60.3 Å². The second-order valence-corrected chi connectivity index (χ2v) is 9.87. The third kappa shape index (κ3) is 5.76. The van der Waals surface area contributed by atoms with E-state index in [1.165, 1.54) is 11.8 Å². The SMILES string of the molecule is CCOc1cc(/C=C2/C(=N)N3C(c4ccccc4)=CSC3=NC2=O)ccc1OCCOc1cc(C)ccc1C. The van der Waals surface area contributed by atoms with Crippen molar-refractivity contribution in [2.45, 2.75) is 20.8 Å². The zero-order valence-corrected chi connectivity index (χ0v) is 22.9. The molecule has 3 aromatic carbocycles. The summed E-state index contributed by atoms with van der Waals surface area (Å²) in [6, 6.07) is 21.3. The molecule has 7 nitrogen and oxygen atoms in total. The normalized spacial score (nSPS) is 15.7. The first-order chi connectivity index (χ1) is 18.9. The number of thioether (sulfide) groups is 1. The van der Waals surface area contributed by atoms with E-state index in [1.807, 2.05) is 86.8 Å². The fraction of sp³-hybridized carbons (Fsp3) is 0.194. The molecule has 0 bridgehead atoms. The summed E-state index contributed by atoms with van der Waals surface area (Å²) in [7, 11) is 0. The molecule has 0 aliphatic carbocycles. The number of carbonyl (C=O) groups excluding carboxylic acids is 1. The molecule has 2 aliphatic rings. The summed E-state index contributed by atoms with van der Waals surface area (Å²) in [4.78, 5) is 18.8. The number of nitrogens with one attached hydrogen (secondary N) is 1. The highest BCUT2D eigenvalue weighted by Gasteiger charge is 2.36. The maximum absolute atomic E-state index is 12.9. The molecule has 39 heavy (non-hydrogen) atoms. The second-order valence-electron chi connectivity index (χ2n) is 9.03. The third-order valence-electron chi connectivity index (χ3n) is 6.20. The number of amidine groups is 2. The number of hydrogen-bond acceptors (Lipinski definition) is 6. The van der Waals surface area contributed by atoms with Crippen LogP contribution in [-0.2, 0) is 4.79 Å². The van der Waals surface area contributed by atoms with Crippen molar-refractivity contribution in [3.8, 4) is 17.2 Å². The molecule has 198 valence electrons. The van der Waals surface area contributed by atoms with E-state index in [0.717, 1.165) is 28.1 Å². The van der Waals surface area contributed by atoms with Crippen LogP contribution in [0, 0.1) is 19.3 Å². The summed E-state index contributed by atoms with van der Waals surface area (Å²) >= 11 is 1.34. The van der Waals surface area contributed by atoms with Gasteiger partial charge in [-0.3, -0.25) is 15.1 Å². The monoisotopic (exact) mass is 539 g/mol. The van der Waals surface area contributed by atoms with E-state index in [1.54, 1.807) is 11.0 Å². The van der Waals surface area contributed by atoms with Gasteiger partial charge in [0.05, 0.1) is 17.9 Å². The molecule has 5 rings (SSSR count). The molecule has 8 heteroatoms. The van der Waals surface area contributed by atoms with Crippen LogP contribution in [0.25, 0.3) is 11.8 Å². The van der Waals surface area contributed by atoms with Gasteiger partial charge in [0, 0.05) is 5.41 Å². The lowest BCUT2D eigenvalue weighted by molar-refractivity contribution is -0.114. The molecule has 0 spiro atoms. The van der Waals surface area contributed by atoms with Gasteiger partial charge in [-0.05, 0) is 67.3 Å². The van der Waals surface area contributed by atoms with Gasteiger partial charge in [0.25, 0.3) is 5.91 Å². The number of amides is 1. The summed E-state index contributed by atoms with van der Waals surface area (Å²) in [5, 5.41) is 11.3. The predicted molar refractivity (Wildman–Crippen MR) is 157 cm³/mol. The molecule has 0 radical (unpaired) electrons. The van der Waals surface area contributed by atoms with Crippen molar-refractivity contribution in [3.63, 3.8) is 0 Å². The Balaban J connectivity index is 1.32. The second kappa shape index (κ2) is 11.6. The first-order valence-corrected chi connectivity index (χ1v) is 13.6. The third-order valence-corrected chi connectivity index (χ3v) is 7.03. The molecule has 1 amide bonds. The fourth-order valence-corrected chi connectivity index (χ4v) is 5.14. The van der Waals surface area contributed by atoms with Gasteiger partial charge in [0.2, 0.25) is 0 Å². The van der Waals surface area contributed by atoms with Crippen molar-refractivity contribution in [1.29, 1.82) is 5.41 Å². The Morgan fingerprint density at radius 2 is 1.69 bits per heavy atom. The highest BCUT2D eigenvalue weighted by Crippen LogP contribution is 2.38. The zero-order valence-electron chi connectivity index (χ0n) is 22.1. The largest absolute Gasteiger partial charge is 0.490 e. The maximum Gasteiger partial charge on any atom is 0.283 e. The molecule has 2 aliphatic heterocycles. The van der Waals surface area contributed by atoms with Crippen molar-refractivity contribution < 1.29 is 19.0 Å². The Hall–Kier alpha value is -4.30. The van der Waals surface area contributed by atoms with E-state index in [2.05, 4.69) is 11.1 Å². The van der Waals surface area contributed by atoms with Crippen LogP contribution >= 0.6 is 11.8 Å². The van der Waals surface area contributed by atoms with E-state index < -0.39 is 5.91 Å². The summed E-state index contributed by atoms with van der Waals surface area (Å²) in [5.41, 5.74) is 4.91. The van der Waals surface area contributed by atoms with Crippen LogP contribution in [0.4, 0.5) is 0 Å². The molecule has 0 saturated heterocycles. The lowest BCUT2D eigenvalue weighted by Crippen LogP contribution is -2.38. The average Bonchev–Trinajstić information content (AvgIpc) is 3.36. The van der Waals surface area contributed by atoms with Gasteiger partial charge in [-0.2, -0.15) is 4.99 Å². The van der Waals surface area contributed by atoms with Crippen LogP contribution in [0.3, 0.4) is 0 Å². The highest BCUT2D eigenvalue weighted by atomic mass is 32.2. The zero-order chi connectivity index (χ0) is 27.4. The van der Waals surface area contributed by atoms with E-state index in [-0.39, 0.29) is 11.4 Å². The Morgan fingerprint density at radius 1 is 0.923 bits per heavy atom. The topological polar surface area (TPSA) is 84.2 Å². The number of aryl methyl sites for hydroxylation is 2. The molecule has 0 saturated carbocycles. The van der Waals surface area contributed by atoms with Crippen LogP contribution in [0.5, 0.6) is 17.2 Å². The highest BCUT2D eigenvalue weighted by molar-refractivity contribution is 8.17. The first kappa shape index (κ1) is 26.3. The van der Waals surface area contributed by atoms with Gasteiger partial charge >= 0.3 is 0 Å². The van der Waals surface area contributed by atoms with E-state index >= 15 is 0 Å². The Bertz CT molecular complexity index is 1510. The summed E-state index contributed by atoms with van der Waals surface area (Å²) in [6.07, 6.45) is 1.67. The van der Waals surface area contributed by atoms with Gasteiger partial charge in [-0.15, -0.1) is 0 Å². The lowest BCUT2D eigenvalue weighted by atomic mass is 10.1. The quantitative estimate of drug-likeness (QED) is 0.248. The molecule has 0 atom stereocenters. The lowest BCUT2D eigenvalue weighted by Gasteiger charge is -2.27. The molecule has 3 aromatic rings. The molecule has 1 N–H and O–H groups in total. The number of rotatable bonds is 9. The van der Waals surface area contributed by atoms with Gasteiger partial charge in [0.15, 0.2) is 16.7 Å². The van der Waals surface area contributed by atoms with Crippen molar-refractivity contribution >= 4 is 40.4 Å². The molecule has 0 fully saturated rings. The van der Waals surface area contributed by atoms with Gasteiger partial charge in [-0.25, -0.2) is 0 Å². The Kier molecular flexibility index (Phi) is 7.84. The van der Waals surface area contributed by atoms with Gasteiger partial charge < -0.3 is 14.2 Å². The number of carbonyl (C=O) groups is 1. The summed E-state index contributed by atoms with van der Waals surface area (Å²) in [5.74, 6) is 1.63. The van der Waals surface area contributed by atoms with Crippen LogP contribution in [-0.4, -0.2) is 41.6 Å². The van der Waals surface area contributed by atoms with E-state index in [0.29, 0.717) is 42.1 Å². The number of fused-ring (bicyclic) bond motifs is 1. The van der Waals surface area contributed by atoms with Crippen LogP contribution in [0.2, 0.25) is 0 Å². The van der Waals surface area contributed by atoms with Crippen LogP contribution in [0.15, 0.2) is 82.7 Å². The number of nitrogens with zero attached hydrogens (tertiary/aromatic N) is 2. The Morgan fingerprint density at radius 3 is 2.46 bits per heavy atom. The minimum absolute atomic E-state index is 0.0898. The molecule has 0 unspecified atom stereocenters. The number of benzene rings is 3. The predicted octanol–water partition coefficient (Wildman–Crippen LogP) is 6.46. The van der Waals surface area contributed by atoms with Crippen molar-refractivity contribution in [2.75, 3.05) is 19.8 Å². The van der Waals surface area contributed by atoms with Crippen LogP contribution in [0.1, 0.15) is 29.2 Å².